The summed E-state index contributed by atoms with van der Waals surface area (Å²) in [6.45, 7) is 3.54. The molecule has 150 valence electrons. The van der Waals surface area contributed by atoms with E-state index in [2.05, 4.69) is 17.4 Å². The summed E-state index contributed by atoms with van der Waals surface area (Å²) in [5.74, 6) is 0.680. The number of hydrogen-bond donors (Lipinski definition) is 1. The number of aromatic nitrogens is 1. The summed E-state index contributed by atoms with van der Waals surface area (Å²) < 4.78 is 10.7. The van der Waals surface area contributed by atoms with Crippen LogP contribution in [0.25, 0.3) is 11.3 Å². The minimum absolute atomic E-state index is 0.145. The SMILES string of the molecule is CCc1ccc(-c2cc(NC(=O)COc3ccc(CCC(C)=O)cc3)on2)cc1. The lowest BCUT2D eigenvalue weighted by Gasteiger charge is -2.06. The number of ketones is 1. The van der Waals surface area contributed by atoms with Gasteiger partial charge in [-0.3, -0.25) is 10.1 Å². The Balaban J connectivity index is 1.49. The number of nitrogens with zero attached hydrogens (tertiary/aromatic N) is 1. The Labute approximate surface area is 169 Å². The van der Waals surface area contributed by atoms with Gasteiger partial charge in [-0.25, -0.2) is 0 Å². The van der Waals surface area contributed by atoms with Crippen LogP contribution in [0, 0.1) is 0 Å². The van der Waals surface area contributed by atoms with Crippen LogP contribution in [-0.2, 0) is 22.4 Å². The van der Waals surface area contributed by atoms with Gasteiger partial charge < -0.3 is 14.1 Å². The number of carbonyl (C=O) groups is 2. The van der Waals surface area contributed by atoms with Crippen LogP contribution in [0.5, 0.6) is 5.75 Å². The summed E-state index contributed by atoms with van der Waals surface area (Å²) in [4.78, 5) is 23.1. The number of aryl methyl sites for hydroxylation is 2. The van der Waals surface area contributed by atoms with Crippen LogP contribution in [0.2, 0.25) is 0 Å². The quantitative estimate of drug-likeness (QED) is 0.582. The molecule has 1 heterocycles. The average Bonchev–Trinajstić information content (AvgIpc) is 3.20. The summed E-state index contributed by atoms with van der Waals surface area (Å²) in [7, 11) is 0. The van der Waals surface area contributed by atoms with Crippen LogP contribution in [0.3, 0.4) is 0 Å². The summed E-state index contributed by atoms with van der Waals surface area (Å²) >= 11 is 0. The first kappa shape index (κ1) is 20.3. The molecule has 0 saturated carbocycles. The Morgan fingerprint density at radius 3 is 2.38 bits per heavy atom. The Bertz CT molecular complexity index is 959. The molecule has 0 atom stereocenters. The van der Waals surface area contributed by atoms with Crippen molar-refractivity contribution in [2.45, 2.75) is 33.1 Å². The van der Waals surface area contributed by atoms with Crippen LogP contribution in [0.15, 0.2) is 59.1 Å². The second-order valence-electron chi connectivity index (χ2n) is 6.81. The highest BCUT2D eigenvalue weighted by molar-refractivity contribution is 5.91. The lowest BCUT2D eigenvalue weighted by Crippen LogP contribution is -2.19. The fraction of sp³-hybridized carbons (Fsp3) is 0.261. The minimum atomic E-state index is -0.338. The summed E-state index contributed by atoms with van der Waals surface area (Å²) in [5.41, 5.74) is 3.88. The molecule has 0 spiro atoms. The van der Waals surface area contributed by atoms with Crippen molar-refractivity contribution in [3.05, 3.63) is 65.7 Å². The van der Waals surface area contributed by atoms with Gasteiger partial charge in [-0.1, -0.05) is 48.5 Å². The van der Waals surface area contributed by atoms with Gasteiger partial charge in [0.2, 0.25) is 5.88 Å². The van der Waals surface area contributed by atoms with E-state index in [-0.39, 0.29) is 24.2 Å². The van der Waals surface area contributed by atoms with Crippen molar-refractivity contribution in [2.75, 3.05) is 11.9 Å². The van der Waals surface area contributed by atoms with Gasteiger partial charge in [0, 0.05) is 18.1 Å². The number of hydrogen-bond acceptors (Lipinski definition) is 5. The number of anilines is 1. The molecule has 6 nitrogen and oxygen atoms in total. The molecule has 0 aliphatic heterocycles. The monoisotopic (exact) mass is 392 g/mol. The molecule has 0 fully saturated rings. The minimum Gasteiger partial charge on any atom is -0.484 e. The molecule has 3 aromatic rings. The standard InChI is InChI=1S/C23H24N2O4/c1-3-17-6-10-19(11-7-17)21-14-23(29-25-21)24-22(27)15-28-20-12-8-18(9-13-20)5-4-16(2)26/h6-14H,3-5,15H2,1-2H3,(H,24,27). The topological polar surface area (TPSA) is 81.4 Å². The first-order chi connectivity index (χ1) is 14.0. The first-order valence-electron chi connectivity index (χ1n) is 9.60. The number of nitrogens with one attached hydrogen (secondary N) is 1. The van der Waals surface area contributed by atoms with Crippen LogP contribution >= 0.6 is 0 Å². The molecule has 29 heavy (non-hydrogen) atoms. The smallest absolute Gasteiger partial charge is 0.264 e. The largest absolute Gasteiger partial charge is 0.484 e. The van der Waals surface area contributed by atoms with E-state index in [0.717, 1.165) is 17.5 Å². The van der Waals surface area contributed by atoms with E-state index in [1.807, 2.05) is 36.4 Å². The Morgan fingerprint density at radius 1 is 1.03 bits per heavy atom. The molecule has 1 aromatic heterocycles. The molecule has 1 amide bonds. The predicted octanol–water partition coefficient (Wildman–Crippen LogP) is 4.44. The van der Waals surface area contributed by atoms with E-state index in [0.29, 0.717) is 24.3 Å². The Kier molecular flexibility index (Phi) is 6.79. The third-order valence-corrected chi connectivity index (χ3v) is 4.49. The van der Waals surface area contributed by atoms with Gasteiger partial charge in [0.25, 0.3) is 5.91 Å². The third-order valence-electron chi connectivity index (χ3n) is 4.49. The average molecular weight is 392 g/mol. The molecule has 3 rings (SSSR count). The lowest BCUT2D eigenvalue weighted by atomic mass is 10.1. The zero-order chi connectivity index (χ0) is 20.6. The summed E-state index contributed by atoms with van der Waals surface area (Å²) in [6.07, 6.45) is 2.19. The van der Waals surface area contributed by atoms with Crippen LogP contribution in [0.4, 0.5) is 5.88 Å². The zero-order valence-corrected chi connectivity index (χ0v) is 16.6. The van der Waals surface area contributed by atoms with E-state index in [1.54, 1.807) is 25.1 Å². The van der Waals surface area contributed by atoms with Gasteiger partial charge in [0.05, 0.1) is 0 Å². The molecule has 0 aliphatic rings. The van der Waals surface area contributed by atoms with Gasteiger partial charge in [-0.15, -0.1) is 0 Å². The number of rotatable bonds is 9. The fourth-order valence-corrected chi connectivity index (χ4v) is 2.78. The van der Waals surface area contributed by atoms with E-state index in [9.17, 15) is 9.59 Å². The van der Waals surface area contributed by atoms with E-state index in [4.69, 9.17) is 9.26 Å². The predicted molar refractivity (Wildman–Crippen MR) is 111 cm³/mol. The molecule has 2 aromatic carbocycles. The number of ether oxygens (including phenoxy) is 1. The van der Waals surface area contributed by atoms with E-state index in [1.165, 1.54) is 5.56 Å². The van der Waals surface area contributed by atoms with Gasteiger partial charge in [0.1, 0.15) is 17.2 Å². The maximum absolute atomic E-state index is 12.1. The Morgan fingerprint density at radius 2 is 1.72 bits per heavy atom. The van der Waals surface area contributed by atoms with Crippen molar-refractivity contribution in [3.63, 3.8) is 0 Å². The normalized spacial score (nSPS) is 10.6. The van der Waals surface area contributed by atoms with Crippen molar-refractivity contribution in [2.24, 2.45) is 0 Å². The highest BCUT2D eigenvalue weighted by Crippen LogP contribution is 2.22. The number of amides is 1. The zero-order valence-electron chi connectivity index (χ0n) is 16.6. The summed E-state index contributed by atoms with van der Waals surface area (Å²) in [6, 6.07) is 17.1. The van der Waals surface area contributed by atoms with E-state index < -0.39 is 0 Å². The molecule has 0 unspecified atom stereocenters. The van der Waals surface area contributed by atoms with Crippen LogP contribution < -0.4 is 10.1 Å². The Hall–Kier alpha value is -3.41. The molecular weight excluding hydrogens is 368 g/mol. The highest BCUT2D eigenvalue weighted by Gasteiger charge is 2.10. The van der Waals surface area contributed by atoms with Gasteiger partial charge in [0.15, 0.2) is 6.61 Å². The van der Waals surface area contributed by atoms with Crippen molar-refractivity contribution < 1.29 is 18.8 Å². The first-order valence-corrected chi connectivity index (χ1v) is 9.60. The number of Topliss-reactive ketones (excluding diaryl/α,β-unsaturated/α-hetero) is 1. The number of carbonyl (C=O) groups excluding carboxylic acids is 2. The third kappa shape index (κ3) is 6.04. The van der Waals surface area contributed by atoms with Crippen LogP contribution in [0.1, 0.15) is 31.4 Å². The molecule has 0 radical (unpaired) electrons. The number of benzene rings is 2. The fourth-order valence-electron chi connectivity index (χ4n) is 2.78. The van der Waals surface area contributed by atoms with Crippen molar-refractivity contribution in [1.29, 1.82) is 0 Å². The lowest BCUT2D eigenvalue weighted by molar-refractivity contribution is -0.118. The van der Waals surface area contributed by atoms with E-state index >= 15 is 0 Å². The molecule has 0 saturated heterocycles. The van der Waals surface area contributed by atoms with Crippen LogP contribution in [-0.4, -0.2) is 23.5 Å². The van der Waals surface area contributed by atoms with Gasteiger partial charge >= 0.3 is 0 Å². The maximum Gasteiger partial charge on any atom is 0.264 e. The molecular formula is C23H24N2O4. The van der Waals surface area contributed by atoms with Gasteiger partial charge in [-0.05, 0) is 43.0 Å². The highest BCUT2D eigenvalue weighted by atomic mass is 16.5. The second-order valence-corrected chi connectivity index (χ2v) is 6.81. The molecule has 0 aliphatic carbocycles. The van der Waals surface area contributed by atoms with Crippen molar-refractivity contribution in [3.8, 4) is 17.0 Å². The van der Waals surface area contributed by atoms with Crippen molar-refractivity contribution in [1.82, 2.24) is 5.16 Å². The second kappa shape index (κ2) is 9.68. The molecule has 6 heteroatoms. The maximum atomic E-state index is 12.1. The van der Waals surface area contributed by atoms with Gasteiger partial charge in [-0.2, -0.15) is 0 Å². The summed E-state index contributed by atoms with van der Waals surface area (Å²) in [5, 5.41) is 6.64. The molecule has 1 N–H and O–H groups in total. The molecule has 0 bridgehead atoms. The van der Waals surface area contributed by atoms with Crippen molar-refractivity contribution >= 4 is 17.6 Å².